The molecule has 0 unspecified atom stereocenters. The second-order valence-corrected chi connectivity index (χ2v) is 7.67. The first-order valence-electron chi connectivity index (χ1n) is 9.63. The van der Waals surface area contributed by atoms with E-state index in [2.05, 4.69) is 111 Å². The van der Waals surface area contributed by atoms with Crippen LogP contribution in [0.2, 0.25) is 0 Å². The second-order valence-electron chi connectivity index (χ2n) is 7.67. The number of aryl methyl sites for hydroxylation is 2. The van der Waals surface area contributed by atoms with E-state index < -0.39 is 0 Å². The summed E-state index contributed by atoms with van der Waals surface area (Å²) in [5.74, 6) is 0.537. The molecule has 0 aliphatic carbocycles. The lowest BCUT2D eigenvalue weighted by Crippen LogP contribution is -2.30. The van der Waals surface area contributed by atoms with E-state index in [4.69, 9.17) is 0 Å². The van der Waals surface area contributed by atoms with Gasteiger partial charge in [0, 0.05) is 6.07 Å². The molecule has 1 heteroatoms. The molecule has 0 aliphatic rings. The van der Waals surface area contributed by atoms with E-state index in [1.807, 2.05) is 0 Å². The van der Waals surface area contributed by atoms with Crippen LogP contribution in [-0.2, 0) is 7.05 Å². The molecule has 4 aromatic rings. The Labute approximate surface area is 161 Å². The maximum atomic E-state index is 2.33. The van der Waals surface area contributed by atoms with Crippen molar-refractivity contribution >= 4 is 10.8 Å². The zero-order valence-electron chi connectivity index (χ0n) is 16.5. The Morgan fingerprint density at radius 3 is 2.30 bits per heavy atom. The van der Waals surface area contributed by atoms with Gasteiger partial charge < -0.3 is 0 Å². The largest absolute Gasteiger partial charge is 0.220 e. The van der Waals surface area contributed by atoms with Gasteiger partial charge in [-0.25, -0.2) is 4.57 Å². The first kappa shape index (κ1) is 17.5. The minimum Gasteiger partial charge on any atom is -0.200 e. The Bertz CT molecular complexity index is 1110. The van der Waals surface area contributed by atoms with Crippen molar-refractivity contribution in [1.29, 1.82) is 0 Å². The quantitative estimate of drug-likeness (QED) is 0.374. The molecular formula is C26H26N+. The average Bonchev–Trinajstić information content (AvgIpc) is 2.69. The van der Waals surface area contributed by atoms with E-state index in [0.29, 0.717) is 5.92 Å². The molecule has 134 valence electrons. The first-order valence-corrected chi connectivity index (χ1v) is 9.63. The Hall–Kier alpha value is -2.93. The maximum Gasteiger partial charge on any atom is 0.220 e. The third-order valence-electron chi connectivity index (χ3n) is 5.43. The first-order chi connectivity index (χ1) is 13.0. The van der Waals surface area contributed by atoms with Crippen LogP contribution >= 0.6 is 0 Å². The van der Waals surface area contributed by atoms with Gasteiger partial charge in [0.1, 0.15) is 7.05 Å². The van der Waals surface area contributed by atoms with Crippen LogP contribution in [0.15, 0.2) is 79.0 Å². The maximum absolute atomic E-state index is 2.33. The summed E-state index contributed by atoms with van der Waals surface area (Å²) in [7, 11) is 2.14. The van der Waals surface area contributed by atoms with E-state index in [0.717, 1.165) is 0 Å². The fourth-order valence-corrected chi connectivity index (χ4v) is 3.77. The van der Waals surface area contributed by atoms with Crippen LogP contribution < -0.4 is 4.57 Å². The van der Waals surface area contributed by atoms with Crippen molar-refractivity contribution < 1.29 is 4.57 Å². The number of aromatic nitrogens is 1. The van der Waals surface area contributed by atoms with Gasteiger partial charge in [-0.3, -0.25) is 0 Å². The van der Waals surface area contributed by atoms with E-state index in [9.17, 15) is 0 Å². The van der Waals surface area contributed by atoms with Crippen molar-refractivity contribution in [2.24, 2.45) is 7.05 Å². The van der Waals surface area contributed by atoms with Crippen LogP contribution in [0, 0.1) is 6.92 Å². The number of hydrogen-bond donors (Lipinski definition) is 0. The molecule has 0 saturated heterocycles. The smallest absolute Gasteiger partial charge is 0.200 e. The number of fused-ring (bicyclic) bond motifs is 1. The summed E-state index contributed by atoms with van der Waals surface area (Å²) in [4.78, 5) is 0. The molecule has 0 N–H and O–H groups in total. The Balaban J connectivity index is 1.95. The zero-order valence-corrected chi connectivity index (χ0v) is 16.5. The highest BCUT2D eigenvalue weighted by Gasteiger charge is 2.18. The third kappa shape index (κ3) is 3.26. The molecule has 0 radical (unpaired) electrons. The molecule has 0 bridgehead atoms. The molecule has 27 heavy (non-hydrogen) atoms. The van der Waals surface area contributed by atoms with Gasteiger partial charge in [0.15, 0.2) is 6.20 Å². The number of benzene rings is 3. The highest BCUT2D eigenvalue weighted by molar-refractivity contribution is 5.94. The molecule has 0 aliphatic heterocycles. The lowest BCUT2D eigenvalue weighted by atomic mass is 9.93. The van der Waals surface area contributed by atoms with Crippen LogP contribution in [0.1, 0.15) is 30.9 Å². The Morgan fingerprint density at radius 1 is 0.778 bits per heavy atom. The van der Waals surface area contributed by atoms with Gasteiger partial charge in [-0.05, 0) is 52.6 Å². The summed E-state index contributed by atoms with van der Waals surface area (Å²) >= 11 is 0. The van der Waals surface area contributed by atoms with Gasteiger partial charge in [0.05, 0.1) is 10.9 Å². The fourth-order valence-electron chi connectivity index (χ4n) is 3.77. The summed E-state index contributed by atoms with van der Waals surface area (Å²) in [6.07, 6.45) is 2.18. The third-order valence-corrected chi connectivity index (χ3v) is 5.43. The lowest BCUT2D eigenvalue weighted by Gasteiger charge is -2.12. The van der Waals surface area contributed by atoms with E-state index in [1.54, 1.807) is 0 Å². The predicted octanol–water partition coefficient (Wildman–Crippen LogP) is 6.43. The molecule has 0 atom stereocenters. The highest BCUT2D eigenvalue weighted by Crippen LogP contribution is 2.32. The summed E-state index contributed by atoms with van der Waals surface area (Å²) in [5.41, 5.74) is 7.76. The van der Waals surface area contributed by atoms with Crippen LogP contribution in [0.3, 0.4) is 0 Å². The zero-order chi connectivity index (χ0) is 19.0. The van der Waals surface area contributed by atoms with Crippen molar-refractivity contribution in [3.8, 4) is 22.4 Å². The predicted molar refractivity (Wildman–Crippen MR) is 115 cm³/mol. The van der Waals surface area contributed by atoms with Crippen LogP contribution in [0.25, 0.3) is 33.2 Å². The molecule has 4 rings (SSSR count). The topological polar surface area (TPSA) is 3.88 Å². The Kier molecular flexibility index (Phi) is 4.53. The Morgan fingerprint density at radius 2 is 1.56 bits per heavy atom. The molecule has 0 saturated carbocycles. The fraction of sp³-hybridized carbons (Fsp3) is 0.192. The van der Waals surface area contributed by atoms with Gasteiger partial charge in [-0.2, -0.15) is 0 Å². The van der Waals surface area contributed by atoms with Crippen molar-refractivity contribution in [1.82, 2.24) is 0 Å². The number of nitrogens with zero attached hydrogens (tertiary/aromatic N) is 1. The van der Waals surface area contributed by atoms with Gasteiger partial charge in [-0.1, -0.05) is 68.4 Å². The second kappa shape index (κ2) is 7.00. The van der Waals surface area contributed by atoms with E-state index >= 15 is 0 Å². The SMILES string of the molecule is Cc1ccc(-c2ccccc2)cc1-c1c2ccc(C(C)C)cc2cc[n+]1C. The summed E-state index contributed by atoms with van der Waals surface area (Å²) in [5, 5.41) is 2.61. The summed E-state index contributed by atoms with van der Waals surface area (Å²) in [6.45, 7) is 6.70. The van der Waals surface area contributed by atoms with Crippen molar-refractivity contribution in [2.45, 2.75) is 26.7 Å². The molecule has 0 amide bonds. The summed E-state index contributed by atoms with van der Waals surface area (Å²) < 4.78 is 2.24. The van der Waals surface area contributed by atoms with Gasteiger partial charge in [0.2, 0.25) is 5.69 Å². The normalized spacial score (nSPS) is 11.3. The lowest BCUT2D eigenvalue weighted by molar-refractivity contribution is -0.659. The van der Waals surface area contributed by atoms with Crippen LogP contribution in [0.5, 0.6) is 0 Å². The standard InChI is InChI=1S/C26H26N/c1-18(2)21-12-13-24-23(16-21)14-15-27(4)26(24)25-17-22(11-10-19(25)3)20-8-6-5-7-9-20/h5-18H,1-4H3/q+1. The number of pyridine rings is 1. The van der Waals surface area contributed by atoms with E-state index in [1.165, 1.54) is 44.3 Å². The van der Waals surface area contributed by atoms with Crippen molar-refractivity contribution in [3.05, 3.63) is 90.1 Å². The molecule has 3 aromatic carbocycles. The number of rotatable bonds is 3. The monoisotopic (exact) mass is 352 g/mol. The number of hydrogen-bond acceptors (Lipinski definition) is 0. The van der Waals surface area contributed by atoms with Gasteiger partial charge in [-0.15, -0.1) is 0 Å². The van der Waals surface area contributed by atoms with Crippen molar-refractivity contribution in [2.75, 3.05) is 0 Å². The summed E-state index contributed by atoms with van der Waals surface area (Å²) in [6, 6.07) is 26.5. The van der Waals surface area contributed by atoms with Gasteiger partial charge in [0.25, 0.3) is 0 Å². The van der Waals surface area contributed by atoms with Crippen LogP contribution in [0.4, 0.5) is 0 Å². The molecule has 0 fully saturated rings. The van der Waals surface area contributed by atoms with Crippen LogP contribution in [-0.4, -0.2) is 0 Å². The molecule has 0 spiro atoms. The van der Waals surface area contributed by atoms with Gasteiger partial charge >= 0.3 is 0 Å². The molecular weight excluding hydrogens is 326 g/mol. The highest BCUT2D eigenvalue weighted by atomic mass is 14.9. The molecule has 1 nitrogen and oxygen atoms in total. The molecule has 1 heterocycles. The molecule has 1 aromatic heterocycles. The van der Waals surface area contributed by atoms with E-state index in [-0.39, 0.29) is 0 Å². The minimum absolute atomic E-state index is 0.537. The average molecular weight is 353 g/mol. The minimum atomic E-state index is 0.537. The van der Waals surface area contributed by atoms with Crippen molar-refractivity contribution in [3.63, 3.8) is 0 Å².